The Labute approximate surface area is 112 Å². The van der Waals surface area contributed by atoms with Crippen LogP contribution in [0.5, 0.6) is 0 Å². The Morgan fingerprint density at radius 1 is 1.33 bits per heavy atom. The van der Waals surface area contributed by atoms with E-state index in [0.29, 0.717) is 5.25 Å². The van der Waals surface area contributed by atoms with E-state index in [9.17, 15) is 10.1 Å². The van der Waals surface area contributed by atoms with Gasteiger partial charge in [0.15, 0.2) is 0 Å². The fraction of sp³-hybridized carbons (Fsp3) is 0.538. The molecule has 1 rings (SSSR count). The highest BCUT2D eigenvalue weighted by Gasteiger charge is 2.03. The van der Waals surface area contributed by atoms with Gasteiger partial charge in [-0.2, -0.15) is 11.8 Å². The number of nitro benzene ring substituents is 1. The Morgan fingerprint density at radius 3 is 2.56 bits per heavy atom. The van der Waals surface area contributed by atoms with Crippen LogP contribution in [0.3, 0.4) is 0 Å². The molecule has 0 aliphatic heterocycles. The third-order valence-corrected chi connectivity index (χ3v) is 3.91. The van der Waals surface area contributed by atoms with E-state index < -0.39 is 0 Å². The molecule has 0 aliphatic rings. The highest BCUT2D eigenvalue weighted by Crippen LogP contribution is 2.12. The van der Waals surface area contributed by atoms with Crippen molar-refractivity contribution in [3.63, 3.8) is 0 Å². The van der Waals surface area contributed by atoms with Crippen molar-refractivity contribution < 1.29 is 4.92 Å². The second-order valence-corrected chi connectivity index (χ2v) is 5.53. The molecule has 0 heterocycles. The SMILES string of the molecule is CSC(C)CCNCCc1ccc([N+](=O)[O-])cc1. The van der Waals surface area contributed by atoms with Crippen LogP contribution < -0.4 is 5.32 Å². The van der Waals surface area contributed by atoms with Gasteiger partial charge >= 0.3 is 0 Å². The van der Waals surface area contributed by atoms with Gasteiger partial charge in [-0.25, -0.2) is 0 Å². The van der Waals surface area contributed by atoms with Gasteiger partial charge in [0.1, 0.15) is 0 Å². The zero-order chi connectivity index (χ0) is 13.4. The Hall–Kier alpha value is -1.07. The zero-order valence-corrected chi connectivity index (χ0v) is 11.7. The van der Waals surface area contributed by atoms with E-state index in [4.69, 9.17) is 0 Å². The molecule has 0 fully saturated rings. The van der Waals surface area contributed by atoms with Crippen LogP contribution in [0.2, 0.25) is 0 Å². The van der Waals surface area contributed by atoms with Crippen LogP contribution in [0.4, 0.5) is 5.69 Å². The van der Waals surface area contributed by atoms with Crippen molar-refractivity contribution in [1.82, 2.24) is 5.32 Å². The van der Waals surface area contributed by atoms with E-state index in [1.165, 1.54) is 6.42 Å². The Kier molecular flexibility index (Phi) is 6.75. The molecule has 1 unspecified atom stereocenters. The van der Waals surface area contributed by atoms with E-state index in [0.717, 1.165) is 25.1 Å². The van der Waals surface area contributed by atoms with Gasteiger partial charge in [-0.15, -0.1) is 0 Å². The van der Waals surface area contributed by atoms with E-state index in [-0.39, 0.29) is 10.6 Å². The van der Waals surface area contributed by atoms with Crippen molar-refractivity contribution in [2.24, 2.45) is 0 Å². The summed E-state index contributed by atoms with van der Waals surface area (Å²) in [6.45, 7) is 4.16. The minimum atomic E-state index is -0.369. The average Bonchev–Trinajstić information content (AvgIpc) is 2.38. The number of nitrogens with zero attached hydrogens (tertiary/aromatic N) is 1. The van der Waals surface area contributed by atoms with Crippen molar-refractivity contribution in [2.75, 3.05) is 19.3 Å². The molecule has 0 aromatic heterocycles. The Bertz CT molecular complexity index is 368. The molecule has 5 heteroatoms. The van der Waals surface area contributed by atoms with E-state index in [2.05, 4.69) is 18.5 Å². The summed E-state index contributed by atoms with van der Waals surface area (Å²) in [4.78, 5) is 10.1. The van der Waals surface area contributed by atoms with Crippen LogP contribution in [0.25, 0.3) is 0 Å². The summed E-state index contributed by atoms with van der Waals surface area (Å²) in [6, 6.07) is 6.77. The first-order valence-electron chi connectivity index (χ1n) is 6.10. The second kappa shape index (κ2) is 8.11. The second-order valence-electron chi connectivity index (χ2n) is 4.26. The molecule has 1 N–H and O–H groups in total. The Balaban J connectivity index is 2.21. The maximum atomic E-state index is 10.5. The molecule has 100 valence electrons. The van der Waals surface area contributed by atoms with Gasteiger partial charge in [0.2, 0.25) is 0 Å². The standard InChI is InChI=1S/C13H20N2O2S/c1-11(18-2)7-9-14-10-8-12-3-5-13(6-4-12)15(16)17/h3-6,11,14H,7-10H2,1-2H3. The predicted molar refractivity (Wildman–Crippen MR) is 77.3 cm³/mol. The lowest BCUT2D eigenvalue weighted by atomic mass is 10.1. The topological polar surface area (TPSA) is 55.2 Å². The number of nitrogens with one attached hydrogen (secondary N) is 1. The summed E-state index contributed by atoms with van der Waals surface area (Å²) in [6.07, 6.45) is 4.20. The summed E-state index contributed by atoms with van der Waals surface area (Å²) in [5.74, 6) is 0. The number of nitro groups is 1. The summed E-state index contributed by atoms with van der Waals surface area (Å²) in [7, 11) is 0. The summed E-state index contributed by atoms with van der Waals surface area (Å²) < 4.78 is 0. The van der Waals surface area contributed by atoms with Crippen molar-refractivity contribution in [2.45, 2.75) is 25.0 Å². The van der Waals surface area contributed by atoms with Crippen LogP contribution in [0.1, 0.15) is 18.9 Å². The first kappa shape index (κ1) is 15.0. The molecule has 0 amide bonds. The summed E-state index contributed by atoms with van der Waals surface area (Å²) in [5, 5.41) is 14.6. The lowest BCUT2D eigenvalue weighted by molar-refractivity contribution is -0.384. The van der Waals surface area contributed by atoms with Crippen molar-refractivity contribution in [3.8, 4) is 0 Å². The van der Waals surface area contributed by atoms with Crippen LogP contribution in [0.15, 0.2) is 24.3 Å². The Morgan fingerprint density at radius 2 is 2.00 bits per heavy atom. The van der Waals surface area contributed by atoms with Crippen LogP contribution in [0, 0.1) is 10.1 Å². The number of rotatable bonds is 8. The molecule has 4 nitrogen and oxygen atoms in total. The molecule has 0 aliphatic carbocycles. The maximum Gasteiger partial charge on any atom is 0.269 e. The normalized spacial score (nSPS) is 12.3. The third kappa shape index (κ3) is 5.51. The minimum Gasteiger partial charge on any atom is -0.316 e. The van der Waals surface area contributed by atoms with Crippen molar-refractivity contribution in [1.29, 1.82) is 0 Å². The summed E-state index contributed by atoms with van der Waals surface area (Å²) in [5.41, 5.74) is 1.28. The molecule has 1 aromatic carbocycles. The highest BCUT2D eigenvalue weighted by atomic mass is 32.2. The van der Waals surface area contributed by atoms with Gasteiger partial charge in [-0.1, -0.05) is 19.1 Å². The fourth-order valence-corrected chi connectivity index (χ4v) is 1.92. The van der Waals surface area contributed by atoms with Crippen LogP contribution in [-0.2, 0) is 6.42 Å². The van der Waals surface area contributed by atoms with Gasteiger partial charge < -0.3 is 5.32 Å². The number of hydrogen-bond acceptors (Lipinski definition) is 4. The van der Waals surface area contributed by atoms with Gasteiger partial charge in [-0.05, 0) is 37.8 Å². The number of hydrogen-bond donors (Lipinski definition) is 1. The zero-order valence-electron chi connectivity index (χ0n) is 10.9. The smallest absolute Gasteiger partial charge is 0.269 e. The first-order valence-corrected chi connectivity index (χ1v) is 7.39. The molecule has 0 saturated carbocycles. The molecule has 0 bridgehead atoms. The highest BCUT2D eigenvalue weighted by molar-refractivity contribution is 7.99. The largest absolute Gasteiger partial charge is 0.316 e. The van der Waals surface area contributed by atoms with Gasteiger partial charge in [0.25, 0.3) is 5.69 Å². The van der Waals surface area contributed by atoms with E-state index >= 15 is 0 Å². The number of benzene rings is 1. The minimum absolute atomic E-state index is 0.153. The third-order valence-electron chi connectivity index (χ3n) is 2.87. The summed E-state index contributed by atoms with van der Waals surface area (Å²) >= 11 is 1.88. The lowest BCUT2D eigenvalue weighted by Crippen LogP contribution is -2.20. The predicted octanol–water partition coefficient (Wildman–Crippen LogP) is 2.87. The van der Waals surface area contributed by atoms with E-state index in [1.54, 1.807) is 12.1 Å². The number of non-ortho nitro benzene ring substituents is 1. The van der Waals surface area contributed by atoms with Gasteiger partial charge in [-0.3, -0.25) is 10.1 Å². The molecule has 18 heavy (non-hydrogen) atoms. The molecule has 1 atom stereocenters. The molecule has 0 radical (unpaired) electrons. The maximum absolute atomic E-state index is 10.5. The monoisotopic (exact) mass is 268 g/mol. The van der Waals surface area contributed by atoms with E-state index in [1.807, 2.05) is 23.9 Å². The quantitative estimate of drug-likeness (QED) is 0.447. The van der Waals surface area contributed by atoms with Gasteiger partial charge in [0.05, 0.1) is 4.92 Å². The number of thioether (sulfide) groups is 1. The van der Waals surface area contributed by atoms with Gasteiger partial charge in [0, 0.05) is 17.4 Å². The molecular weight excluding hydrogens is 248 g/mol. The molecular formula is C13H20N2O2S. The van der Waals surface area contributed by atoms with Crippen molar-refractivity contribution in [3.05, 3.63) is 39.9 Å². The molecule has 0 saturated heterocycles. The molecule has 0 spiro atoms. The molecule has 1 aromatic rings. The first-order chi connectivity index (χ1) is 8.63. The van der Waals surface area contributed by atoms with Crippen molar-refractivity contribution >= 4 is 17.4 Å². The van der Waals surface area contributed by atoms with Crippen LogP contribution >= 0.6 is 11.8 Å². The average molecular weight is 268 g/mol. The van der Waals surface area contributed by atoms with Crippen LogP contribution in [-0.4, -0.2) is 29.5 Å². The fourth-order valence-electron chi connectivity index (χ4n) is 1.57. The lowest BCUT2D eigenvalue weighted by Gasteiger charge is -2.08.